The zero-order chi connectivity index (χ0) is 18.8. The first-order valence-electron chi connectivity index (χ1n) is 8.08. The lowest BCUT2D eigenvalue weighted by atomic mass is 10.1. The standard InChI is InChI=1S/C20H18N2O4/c1-12-7-8-16(9-13(12)2)22-20(25)18(19(24)21-22)11-15-5-4-6-17(10-15)26-14(3)23/h4-11H,1-3H3,(H,21,24)/b18-11-. The second kappa shape index (κ2) is 6.84. The summed E-state index contributed by atoms with van der Waals surface area (Å²) in [4.78, 5) is 36.0. The molecule has 0 spiro atoms. The number of rotatable bonds is 3. The van der Waals surface area contributed by atoms with Gasteiger partial charge in [-0.05, 0) is 60.9 Å². The molecule has 26 heavy (non-hydrogen) atoms. The van der Waals surface area contributed by atoms with Gasteiger partial charge in [0.25, 0.3) is 11.8 Å². The van der Waals surface area contributed by atoms with E-state index in [1.165, 1.54) is 18.0 Å². The molecule has 0 aromatic heterocycles. The maximum atomic E-state index is 12.7. The van der Waals surface area contributed by atoms with E-state index < -0.39 is 17.8 Å². The molecule has 1 heterocycles. The largest absolute Gasteiger partial charge is 0.427 e. The Morgan fingerprint density at radius 2 is 1.85 bits per heavy atom. The molecule has 6 nitrogen and oxygen atoms in total. The third-order valence-corrected chi connectivity index (χ3v) is 4.07. The smallest absolute Gasteiger partial charge is 0.308 e. The molecule has 1 fully saturated rings. The average molecular weight is 350 g/mol. The van der Waals surface area contributed by atoms with Crippen LogP contribution in [0.3, 0.4) is 0 Å². The lowest BCUT2D eigenvalue weighted by Crippen LogP contribution is -2.35. The van der Waals surface area contributed by atoms with E-state index in [-0.39, 0.29) is 5.57 Å². The second-order valence-electron chi connectivity index (χ2n) is 6.07. The fourth-order valence-electron chi connectivity index (χ4n) is 2.60. The Bertz CT molecular complexity index is 947. The first-order valence-corrected chi connectivity index (χ1v) is 8.08. The number of benzene rings is 2. The summed E-state index contributed by atoms with van der Waals surface area (Å²) >= 11 is 0. The van der Waals surface area contributed by atoms with Crippen LogP contribution in [0.1, 0.15) is 23.6 Å². The number of amides is 2. The van der Waals surface area contributed by atoms with Crippen LogP contribution in [0.2, 0.25) is 0 Å². The molecule has 0 bridgehead atoms. The molecule has 1 N–H and O–H groups in total. The molecule has 6 heteroatoms. The fraction of sp³-hybridized carbons (Fsp3) is 0.150. The van der Waals surface area contributed by atoms with Crippen molar-refractivity contribution >= 4 is 29.5 Å². The molecule has 132 valence electrons. The van der Waals surface area contributed by atoms with Gasteiger partial charge in [-0.1, -0.05) is 18.2 Å². The van der Waals surface area contributed by atoms with Crippen LogP contribution in [0.15, 0.2) is 48.0 Å². The van der Waals surface area contributed by atoms with Crippen molar-refractivity contribution in [2.75, 3.05) is 5.01 Å². The topological polar surface area (TPSA) is 75.7 Å². The molecule has 0 radical (unpaired) electrons. The van der Waals surface area contributed by atoms with Crippen molar-refractivity contribution < 1.29 is 19.1 Å². The molecule has 1 aliphatic heterocycles. The fourth-order valence-corrected chi connectivity index (χ4v) is 2.60. The van der Waals surface area contributed by atoms with E-state index in [0.29, 0.717) is 17.0 Å². The first kappa shape index (κ1) is 17.4. The average Bonchev–Trinajstić information content (AvgIpc) is 2.85. The summed E-state index contributed by atoms with van der Waals surface area (Å²) < 4.78 is 5.02. The van der Waals surface area contributed by atoms with Gasteiger partial charge in [0, 0.05) is 6.92 Å². The van der Waals surface area contributed by atoms with Crippen LogP contribution in [0.25, 0.3) is 6.08 Å². The van der Waals surface area contributed by atoms with Gasteiger partial charge in [0.15, 0.2) is 0 Å². The third kappa shape index (κ3) is 3.49. The van der Waals surface area contributed by atoms with E-state index >= 15 is 0 Å². The van der Waals surface area contributed by atoms with E-state index in [1.807, 2.05) is 26.0 Å². The molecule has 2 aromatic carbocycles. The maximum absolute atomic E-state index is 12.7. The number of carbonyl (C=O) groups is 3. The summed E-state index contributed by atoms with van der Waals surface area (Å²) in [5, 5.41) is 1.23. The van der Waals surface area contributed by atoms with Crippen LogP contribution in [-0.4, -0.2) is 17.8 Å². The molecule has 0 atom stereocenters. The van der Waals surface area contributed by atoms with Crippen LogP contribution in [0, 0.1) is 13.8 Å². The summed E-state index contributed by atoms with van der Waals surface area (Å²) in [6.07, 6.45) is 1.48. The van der Waals surface area contributed by atoms with Gasteiger partial charge in [-0.3, -0.25) is 19.8 Å². The van der Waals surface area contributed by atoms with Crippen molar-refractivity contribution in [1.82, 2.24) is 5.43 Å². The Kier molecular flexibility index (Phi) is 4.58. The summed E-state index contributed by atoms with van der Waals surface area (Å²) in [6, 6.07) is 12.1. The van der Waals surface area contributed by atoms with Crippen LogP contribution < -0.4 is 15.2 Å². The quantitative estimate of drug-likeness (QED) is 0.400. The van der Waals surface area contributed by atoms with Crippen LogP contribution in [0.4, 0.5) is 5.69 Å². The number of hydrogen-bond donors (Lipinski definition) is 1. The Morgan fingerprint density at radius 1 is 1.08 bits per heavy atom. The summed E-state index contributed by atoms with van der Waals surface area (Å²) in [7, 11) is 0. The molecule has 1 aliphatic rings. The van der Waals surface area contributed by atoms with Gasteiger partial charge in [0.1, 0.15) is 11.3 Å². The Balaban J connectivity index is 1.90. The van der Waals surface area contributed by atoms with Crippen LogP contribution >= 0.6 is 0 Å². The van der Waals surface area contributed by atoms with Crippen molar-refractivity contribution in [3.05, 3.63) is 64.7 Å². The number of esters is 1. The maximum Gasteiger partial charge on any atom is 0.308 e. The highest BCUT2D eigenvalue weighted by atomic mass is 16.5. The highest BCUT2D eigenvalue weighted by Crippen LogP contribution is 2.24. The molecule has 1 saturated heterocycles. The number of hydrogen-bond acceptors (Lipinski definition) is 4. The lowest BCUT2D eigenvalue weighted by molar-refractivity contribution is -0.132. The number of ether oxygens (including phenoxy) is 1. The zero-order valence-corrected chi connectivity index (χ0v) is 14.7. The monoisotopic (exact) mass is 350 g/mol. The van der Waals surface area contributed by atoms with Gasteiger partial charge < -0.3 is 4.74 Å². The normalized spacial score (nSPS) is 15.3. The van der Waals surface area contributed by atoms with Crippen molar-refractivity contribution in [3.8, 4) is 5.75 Å². The number of carbonyl (C=O) groups excluding carboxylic acids is 3. The Hall–Kier alpha value is -3.41. The van der Waals surface area contributed by atoms with Crippen LogP contribution in [-0.2, 0) is 14.4 Å². The van der Waals surface area contributed by atoms with Gasteiger partial charge in [-0.15, -0.1) is 0 Å². The van der Waals surface area contributed by atoms with E-state index in [2.05, 4.69) is 5.43 Å². The zero-order valence-electron chi connectivity index (χ0n) is 14.7. The molecule has 2 aromatic rings. The first-order chi connectivity index (χ1) is 12.3. The highest BCUT2D eigenvalue weighted by Gasteiger charge is 2.34. The van der Waals surface area contributed by atoms with Crippen molar-refractivity contribution in [3.63, 3.8) is 0 Å². The Labute approximate surface area is 151 Å². The second-order valence-corrected chi connectivity index (χ2v) is 6.07. The summed E-state index contributed by atoms with van der Waals surface area (Å²) in [5.74, 6) is -1.00. The van der Waals surface area contributed by atoms with Gasteiger partial charge >= 0.3 is 5.97 Å². The molecular weight excluding hydrogens is 332 g/mol. The predicted molar refractivity (Wildman–Crippen MR) is 97.3 cm³/mol. The minimum atomic E-state index is -0.480. The van der Waals surface area contributed by atoms with Crippen LogP contribution in [0.5, 0.6) is 5.75 Å². The number of hydrazine groups is 1. The molecule has 3 rings (SSSR count). The number of nitrogens with zero attached hydrogens (tertiary/aromatic N) is 1. The minimum absolute atomic E-state index is 0.0169. The predicted octanol–water partition coefficient (Wildman–Crippen LogP) is 2.69. The van der Waals surface area contributed by atoms with E-state index in [4.69, 9.17) is 4.74 Å². The van der Waals surface area contributed by atoms with Crippen molar-refractivity contribution in [2.45, 2.75) is 20.8 Å². The van der Waals surface area contributed by atoms with Crippen molar-refractivity contribution in [1.29, 1.82) is 0 Å². The number of anilines is 1. The SMILES string of the molecule is CC(=O)Oc1cccc(/C=C2/C(=O)NN(c3ccc(C)c(C)c3)C2=O)c1. The Morgan fingerprint density at radius 3 is 2.54 bits per heavy atom. The molecule has 0 saturated carbocycles. The van der Waals surface area contributed by atoms with Gasteiger partial charge in [-0.2, -0.15) is 0 Å². The molecule has 0 aliphatic carbocycles. The molecule has 0 unspecified atom stereocenters. The van der Waals surface area contributed by atoms with Gasteiger partial charge in [0.2, 0.25) is 0 Å². The summed E-state index contributed by atoms with van der Waals surface area (Å²) in [6.45, 7) is 5.23. The van der Waals surface area contributed by atoms with Gasteiger partial charge in [-0.25, -0.2) is 5.01 Å². The molecule has 2 amide bonds. The summed E-state index contributed by atoms with van der Waals surface area (Å²) in [5.41, 5.74) is 5.91. The van der Waals surface area contributed by atoms with E-state index in [1.54, 1.807) is 30.3 Å². The van der Waals surface area contributed by atoms with E-state index in [0.717, 1.165) is 11.1 Å². The lowest BCUT2D eigenvalue weighted by Gasteiger charge is -2.15. The van der Waals surface area contributed by atoms with Crippen molar-refractivity contribution in [2.24, 2.45) is 0 Å². The minimum Gasteiger partial charge on any atom is -0.427 e. The number of aryl methyl sites for hydroxylation is 2. The third-order valence-electron chi connectivity index (χ3n) is 4.07. The van der Waals surface area contributed by atoms with E-state index in [9.17, 15) is 14.4 Å². The number of nitrogens with one attached hydrogen (secondary N) is 1. The highest BCUT2D eigenvalue weighted by molar-refractivity contribution is 6.31. The van der Waals surface area contributed by atoms with Gasteiger partial charge in [0.05, 0.1) is 5.69 Å². The molecular formula is C20H18N2O4.